The molecule has 0 aliphatic heterocycles. The van der Waals surface area contributed by atoms with Gasteiger partial charge in [0, 0.05) is 36.3 Å². The van der Waals surface area contributed by atoms with E-state index in [0.29, 0.717) is 13.0 Å². The van der Waals surface area contributed by atoms with E-state index in [1.807, 2.05) is 47.5 Å². The SMILES string of the molecule is CC(C)(C)c1ccc(N(Cc2c[nH]cn2)C(C(=O)N[C@H]2c3ccccc3C[C@@H]2O)c2cccnc2)cc1. The minimum Gasteiger partial charge on any atom is -0.390 e. The predicted octanol–water partition coefficient (Wildman–Crippen LogP) is 4.62. The van der Waals surface area contributed by atoms with Crippen molar-refractivity contribution in [1.82, 2.24) is 20.3 Å². The summed E-state index contributed by atoms with van der Waals surface area (Å²) in [5.74, 6) is -0.204. The van der Waals surface area contributed by atoms with Gasteiger partial charge in [0.15, 0.2) is 0 Å². The van der Waals surface area contributed by atoms with Crippen LogP contribution in [-0.2, 0) is 23.2 Å². The summed E-state index contributed by atoms with van der Waals surface area (Å²) in [6, 6.07) is 18.8. The molecule has 0 radical (unpaired) electrons. The van der Waals surface area contributed by atoms with Crippen LogP contribution in [0.25, 0.3) is 0 Å². The fourth-order valence-corrected chi connectivity index (χ4v) is 5.03. The van der Waals surface area contributed by atoms with Crippen molar-refractivity contribution in [2.45, 2.75) is 57.3 Å². The van der Waals surface area contributed by atoms with Crippen LogP contribution in [0.15, 0.2) is 85.6 Å². The highest BCUT2D eigenvalue weighted by Crippen LogP contribution is 2.35. The Hall–Kier alpha value is -3.97. The largest absolute Gasteiger partial charge is 0.390 e. The highest BCUT2D eigenvalue weighted by molar-refractivity contribution is 5.87. The van der Waals surface area contributed by atoms with Gasteiger partial charge in [0.2, 0.25) is 5.91 Å². The molecule has 1 unspecified atom stereocenters. The quantitative estimate of drug-likeness (QED) is 0.348. The fourth-order valence-electron chi connectivity index (χ4n) is 5.03. The van der Waals surface area contributed by atoms with E-state index in [9.17, 15) is 9.90 Å². The van der Waals surface area contributed by atoms with Gasteiger partial charge in [0.1, 0.15) is 6.04 Å². The van der Waals surface area contributed by atoms with Crippen molar-refractivity contribution < 1.29 is 9.90 Å². The van der Waals surface area contributed by atoms with E-state index in [1.54, 1.807) is 18.7 Å². The Kier molecular flexibility index (Phi) is 6.80. The molecule has 1 aliphatic carbocycles. The number of rotatable bonds is 7. The van der Waals surface area contributed by atoms with E-state index in [1.165, 1.54) is 5.56 Å². The molecule has 7 nitrogen and oxygen atoms in total. The topological polar surface area (TPSA) is 94.1 Å². The van der Waals surface area contributed by atoms with Crippen molar-refractivity contribution in [3.05, 3.63) is 114 Å². The van der Waals surface area contributed by atoms with E-state index in [4.69, 9.17) is 0 Å². The van der Waals surface area contributed by atoms with Crippen molar-refractivity contribution in [2.75, 3.05) is 4.90 Å². The van der Waals surface area contributed by atoms with E-state index in [0.717, 1.165) is 28.1 Å². The Labute approximate surface area is 217 Å². The Balaban J connectivity index is 1.54. The molecule has 190 valence electrons. The number of H-pyrrole nitrogens is 1. The first kappa shape index (κ1) is 24.7. The molecule has 1 amide bonds. The number of hydrogen-bond donors (Lipinski definition) is 3. The molecule has 0 spiro atoms. The Morgan fingerprint density at radius 3 is 2.59 bits per heavy atom. The number of aliphatic hydroxyl groups is 1. The number of carbonyl (C=O) groups excluding carboxylic acids is 1. The monoisotopic (exact) mass is 495 g/mol. The number of nitrogens with one attached hydrogen (secondary N) is 2. The van der Waals surface area contributed by atoms with Gasteiger partial charge in [-0.3, -0.25) is 9.78 Å². The molecule has 2 heterocycles. The summed E-state index contributed by atoms with van der Waals surface area (Å²) in [6.45, 7) is 6.95. The molecular weight excluding hydrogens is 462 g/mol. The first-order valence-electron chi connectivity index (χ1n) is 12.6. The molecular formula is C30H33N5O2. The number of anilines is 1. The number of amides is 1. The average Bonchev–Trinajstić information content (AvgIpc) is 3.51. The number of hydrogen-bond acceptors (Lipinski definition) is 5. The van der Waals surface area contributed by atoms with Gasteiger partial charge in [-0.25, -0.2) is 4.98 Å². The zero-order valence-corrected chi connectivity index (χ0v) is 21.4. The minimum absolute atomic E-state index is 0.0116. The molecule has 3 N–H and O–H groups in total. The molecule has 4 aromatic rings. The molecule has 2 aromatic carbocycles. The summed E-state index contributed by atoms with van der Waals surface area (Å²) in [5.41, 5.74) is 5.71. The van der Waals surface area contributed by atoms with Gasteiger partial charge in [-0.05, 0) is 40.3 Å². The number of aromatic amines is 1. The maximum Gasteiger partial charge on any atom is 0.248 e. The first-order chi connectivity index (χ1) is 17.8. The molecule has 0 saturated carbocycles. The van der Waals surface area contributed by atoms with Crippen molar-refractivity contribution in [1.29, 1.82) is 0 Å². The van der Waals surface area contributed by atoms with Crippen LogP contribution >= 0.6 is 0 Å². The fraction of sp³-hybridized carbons (Fsp3) is 0.300. The van der Waals surface area contributed by atoms with Crippen LogP contribution in [0.2, 0.25) is 0 Å². The van der Waals surface area contributed by atoms with Crippen molar-refractivity contribution in [3.63, 3.8) is 0 Å². The van der Waals surface area contributed by atoms with Gasteiger partial charge in [-0.15, -0.1) is 0 Å². The third-order valence-electron chi connectivity index (χ3n) is 7.01. The van der Waals surface area contributed by atoms with Crippen LogP contribution < -0.4 is 10.2 Å². The maximum absolute atomic E-state index is 14.1. The summed E-state index contributed by atoms with van der Waals surface area (Å²) in [5, 5.41) is 14.0. The molecule has 0 saturated heterocycles. The van der Waals surface area contributed by atoms with Gasteiger partial charge in [-0.1, -0.05) is 63.2 Å². The summed E-state index contributed by atoms with van der Waals surface area (Å²) >= 11 is 0. The Morgan fingerprint density at radius 1 is 1.14 bits per heavy atom. The molecule has 1 aliphatic rings. The molecule has 3 atom stereocenters. The Bertz CT molecular complexity index is 1330. The molecule has 0 bridgehead atoms. The smallest absolute Gasteiger partial charge is 0.248 e. The number of nitrogens with zero attached hydrogens (tertiary/aromatic N) is 3. The highest BCUT2D eigenvalue weighted by atomic mass is 16.3. The van der Waals surface area contributed by atoms with Crippen molar-refractivity contribution in [3.8, 4) is 0 Å². The van der Waals surface area contributed by atoms with E-state index >= 15 is 0 Å². The van der Waals surface area contributed by atoms with E-state index in [-0.39, 0.29) is 11.3 Å². The zero-order chi connectivity index (χ0) is 26.0. The summed E-state index contributed by atoms with van der Waals surface area (Å²) < 4.78 is 0. The second kappa shape index (κ2) is 10.2. The second-order valence-corrected chi connectivity index (χ2v) is 10.6. The molecule has 7 heteroatoms. The Morgan fingerprint density at radius 2 is 1.92 bits per heavy atom. The average molecular weight is 496 g/mol. The van der Waals surface area contributed by atoms with Gasteiger partial charge in [-0.2, -0.15) is 0 Å². The van der Waals surface area contributed by atoms with Crippen LogP contribution in [0.4, 0.5) is 5.69 Å². The number of aliphatic hydroxyl groups excluding tert-OH is 1. The molecule has 0 fully saturated rings. The molecule has 5 rings (SSSR count). The number of benzene rings is 2. The van der Waals surface area contributed by atoms with Gasteiger partial charge in [0.25, 0.3) is 0 Å². The van der Waals surface area contributed by atoms with Crippen molar-refractivity contribution in [2.24, 2.45) is 0 Å². The van der Waals surface area contributed by atoms with Crippen LogP contribution in [-0.4, -0.2) is 32.1 Å². The summed E-state index contributed by atoms with van der Waals surface area (Å²) in [7, 11) is 0. The normalized spacial score (nSPS) is 17.7. The van der Waals surface area contributed by atoms with E-state index in [2.05, 4.69) is 65.3 Å². The lowest BCUT2D eigenvalue weighted by molar-refractivity contribution is -0.124. The number of pyridine rings is 1. The maximum atomic E-state index is 14.1. The van der Waals surface area contributed by atoms with Crippen molar-refractivity contribution >= 4 is 11.6 Å². The van der Waals surface area contributed by atoms with Crippen LogP contribution in [0.3, 0.4) is 0 Å². The number of imidazole rings is 1. The standard InChI is InChI=1S/C30H33N5O2/c1-30(2,3)22-10-12-24(13-11-22)35(18-23-17-32-19-33-23)28(21-8-6-14-31-16-21)29(37)34-27-25-9-5-4-7-20(25)15-26(27)36/h4-14,16-17,19,26-28,36H,15,18H2,1-3H3,(H,32,33)(H,34,37)/t26-,27-,28?/m0/s1. The first-order valence-corrected chi connectivity index (χ1v) is 12.6. The number of fused-ring (bicyclic) bond motifs is 1. The molecule has 37 heavy (non-hydrogen) atoms. The van der Waals surface area contributed by atoms with E-state index < -0.39 is 18.2 Å². The summed E-state index contributed by atoms with van der Waals surface area (Å²) in [4.78, 5) is 27.9. The minimum atomic E-state index is -0.689. The summed E-state index contributed by atoms with van der Waals surface area (Å²) in [6.07, 6.45) is 6.74. The second-order valence-electron chi connectivity index (χ2n) is 10.6. The van der Waals surface area contributed by atoms with Gasteiger partial charge < -0.3 is 20.3 Å². The van der Waals surface area contributed by atoms with Crippen LogP contribution in [0, 0.1) is 0 Å². The van der Waals surface area contributed by atoms with Crippen LogP contribution in [0.5, 0.6) is 0 Å². The number of aromatic nitrogens is 3. The molecule has 2 aromatic heterocycles. The van der Waals surface area contributed by atoms with Gasteiger partial charge >= 0.3 is 0 Å². The lowest BCUT2D eigenvalue weighted by Gasteiger charge is -2.34. The lowest BCUT2D eigenvalue weighted by atomic mass is 9.87. The number of carbonyl (C=O) groups is 1. The van der Waals surface area contributed by atoms with Crippen LogP contribution in [0.1, 0.15) is 60.8 Å². The lowest BCUT2D eigenvalue weighted by Crippen LogP contribution is -2.43. The predicted molar refractivity (Wildman–Crippen MR) is 144 cm³/mol. The van der Waals surface area contributed by atoms with Gasteiger partial charge in [0.05, 0.1) is 30.7 Å². The zero-order valence-electron chi connectivity index (χ0n) is 21.4. The third-order valence-corrected chi connectivity index (χ3v) is 7.01. The highest BCUT2D eigenvalue weighted by Gasteiger charge is 2.36. The third kappa shape index (κ3) is 5.27.